The molecule has 0 spiro atoms. The SMILES string of the molecule is Cc1nc(N)sc1C#CCC=O. The molecule has 0 aliphatic rings. The van der Waals surface area contributed by atoms with Crippen LogP contribution in [0.1, 0.15) is 17.0 Å². The zero-order valence-electron chi connectivity index (χ0n) is 6.63. The predicted molar refractivity (Wildman–Crippen MR) is 48.8 cm³/mol. The summed E-state index contributed by atoms with van der Waals surface area (Å²) in [7, 11) is 0. The fourth-order valence-electron chi connectivity index (χ4n) is 0.706. The average molecular weight is 180 g/mol. The lowest BCUT2D eigenvalue weighted by Crippen LogP contribution is -1.80. The molecule has 12 heavy (non-hydrogen) atoms. The van der Waals surface area contributed by atoms with Crippen molar-refractivity contribution in [1.82, 2.24) is 4.98 Å². The zero-order chi connectivity index (χ0) is 8.97. The standard InChI is InChI=1S/C8H8N2OS/c1-6-7(4-2-3-5-11)12-8(9)10-6/h5H,3H2,1H3,(H2,9,10). The molecule has 0 aliphatic carbocycles. The number of hydrogen-bond donors (Lipinski definition) is 1. The van der Waals surface area contributed by atoms with E-state index in [-0.39, 0.29) is 6.42 Å². The molecule has 1 heterocycles. The number of nitrogens with zero attached hydrogens (tertiary/aromatic N) is 1. The van der Waals surface area contributed by atoms with Crippen LogP contribution in [0.15, 0.2) is 0 Å². The molecule has 1 aromatic rings. The third-order valence-corrected chi connectivity index (χ3v) is 2.10. The van der Waals surface area contributed by atoms with Crippen LogP contribution < -0.4 is 5.73 Å². The Morgan fingerprint density at radius 2 is 2.50 bits per heavy atom. The highest BCUT2D eigenvalue weighted by Gasteiger charge is 2.00. The van der Waals surface area contributed by atoms with Crippen LogP contribution in [0.5, 0.6) is 0 Å². The van der Waals surface area contributed by atoms with Crippen LogP contribution in [-0.4, -0.2) is 11.3 Å². The van der Waals surface area contributed by atoms with E-state index in [0.717, 1.165) is 16.9 Å². The van der Waals surface area contributed by atoms with Crippen LogP contribution in [-0.2, 0) is 4.79 Å². The van der Waals surface area contributed by atoms with Gasteiger partial charge in [-0.25, -0.2) is 4.98 Å². The van der Waals surface area contributed by atoms with E-state index in [0.29, 0.717) is 5.13 Å². The second-order valence-corrected chi connectivity index (χ2v) is 3.17. The molecule has 1 aromatic heterocycles. The number of rotatable bonds is 1. The lowest BCUT2D eigenvalue weighted by Gasteiger charge is -1.79. The maximum absolute atomic E-state index is 9.95. The zero-order valence-corrected chi connectivity index (χ0v) is 7.44. The maximum atomic E-state index is 9.95. The minimum Gasteiger partial charge on any atom is -0.375 e. The normalized spacial score (nSPS) is 8.75. The Kier molecular flexibility index (Phi) is 2.83. The molecule has 0 radical (unpaired) electrons. The van der Waals surface area contributed by atoms with E-state index in [1.807, 2.05) is 6.92 Å². The quantitative estimate of drug-likeness (QED) is 0.517. The highest BCUT2D eigenvalue weighted by molar-refractivity contribution is 7.16. The van der Waals surface area contributed by atoms with Crippen molar-refractivity contribution in [2.24, 2.45) is 0 Å². The van der Waals surface area contributed by atoms with E-state index in [4.69, 9.17) is 5.73 Å². The average Bonchev–Trinajstić information content (AvgIpc) is 2.31. The third kappa shape index (κ3) is 2.07. The van der Waals surface area contributed by atoms with Gasteiger partial charge in [0.15, 0.2) is 5.13 Å². The van der Waals surface area contributed by atoms with Gasteiger partial charge >= 0.3 is 0 Å². The Hall–Kier alpha value is -1.34. The van der Waals surface area contributed by atoms with Crippen molar-refractivity contribution < 1.29 is 4.79 Å². The van der Waals surface area contributed by atoms with Gasteiger partial charge in [0.05, 0.1) is 12.1 Å². The molecule has 0 saturated heterocycles. The van der Waals surface area contributed by atoms with E-state index in [9.17, 15) is 4.79 Å². The topological polar surface area (TPSA) is 56.0 Å². The van der Waals surface area contributed by atoms with Crippen LogP contribution in [0, 0.1) is 18.8 Å². The molecule has 2 N–H and O–H groups in total. The summed E-state index contributed by atoms with van der Waals surface area (Å²) in [6.45, 7) is 1.85. The number of carbonyl (C=O) groups excluding carboxylic acids is 1. The van der Waals surface area contributed by atoms with E-state index >= 15 is 0 Å². The third-order valence-electron chi connectivity index (χ3n) is 1.20. The Labute approximate surface area is 74.6 Å². The molecule has 0 fully saturated rings. The number of nitrogens with two attached hydrogens (primary N) is 1. The van der Waals surface area contributed by atoms with Crippen molar-refractivity contribution in [2.45, 2.75) is 13.3 Å². The molecule has 1 rings (SSSR count). The molecule has 4 heteroatoms. The minimum atomic E-state index is 0.261. The number of anilines is 1. The minimum absolute atomic E-state index is 0.261. The van der Waals surface area contributed by atoms with E-state index in [2.05, 4.69) is 16.8 Å². The fraction of sp³-hybridized carbons (Fsp3) is 0.250. The summed E-state index contributed by atoms with van der Waals surface area (Å²) >= 11 is 1.34. The van der Waals surface area contributed by atoms with Crippen molar-refractivity contribution in [3.63, 3.8) is 0 Å². The predicted octanol–water partition coefficient (Wildman–Crippen LogP) is 0.974. The molecule has 3 nitrogen and oxygen atoms in total. The van der Waals surface area contributed by atoms with Gasteiger partial charge in [-0.15, -0.1) is 0 Å². The molecule has 0 saturated carbocycles. The number of nitrogen functional groups attached to an aromatic ring is 1. The summed E-state index contributed by atoms with van der Waals surface area (Å²) in [5, 5.41) is 0.517. The molecule has 0 amide bonds. The van der Waals surface area contributed by atoms with E-state index < -0.39 is 0 Å². The molecule has 0 aliphatic heterocycles. The summed E-state index contributed by atoms with van der Waals surface area (Å²) in [4.78, 5) is 14.8. The summed E-state index contributed by atoms with van der Waals surface area (Å²) in [5.41, 5.74) is 6.28. The second-order valence-electron chi connectivity index (χ2n) is 2.14. The maximum Gasteiger partial charge on any atom is 0.181 e. The first-order chi connectivity index (χ1) is 5.74. The monoisotopic (exact) mass is 180 g/mol. The second kappa shape index (κ2) is 3.88. The van der Waals surface area contributed by atoms with Gasteiger partial charge in [0.25, 0.3) is 0 Å². The summed E-state index contributed by atoms with van der Waals surface area (Å²) in [5.74, 6) is 5.53. The first-order valence-electron chi connectivity index (χ1n) is 3.39. The fourth-order valence-corrected chi connectivity index (χ4v) is 1.41. The Balaban J connectivity index is 2.83. The smallest absolute Gasteiger partial charge is 0.181 e. The van der Waals surface area contributed by atoms with Gasteiger partial charge in [-0.3, -0.25) is 0 Å². The molecular formula is C8H8N2OS. The molecule has 0 aromatic carbocycles. The molecule has 62 valence electrons. The van der Waals surface area contributed by atoms with Gasteiger partial charge in [0.1, 0.15) is 11.2 Å². The number of carbonyl (C=O) groups is 1. The van der Waals surface area contributed by atoms with Gasteiger partial charge in [0, 0.05) is 0 Å². The number of thiazole rings is 1. The molecular weight excluding hydrogens is 172 g/mol. The summed E-state index contributed by atoms with van der Waals surface area (Å²) < 4.78 is 0. The number of hydrogen-bond acceptors (Lipinski definition) is 4. The molecule has 0 bridgehead atoms. The van der Waals surface area contributed by atoms with Crippen molar-refractivity contribution in [1.29, 1.82) is 0 Å². The Morgan fingerprint density at radius 1 is 1.75 bits per heavy atom. The summed E-state index contributed by atoms with van der Waals surface area (Å²) in [6.07, 6.45) is 1.03. The van der Waals surface area contributed by atoms with Gasteiger partial charge in [0.2, 0.25) is 0 Å². The van der Waals surface area contributed by atoms with Crippen LogP contribution >= 0.6 is 11.3 Å². The van der Waals surface area contributed by atoms with Gasteiger partial charge in [-0.05, 0) is 6.92 Å². The summed E-state index contributed by atoms with van der Waals surface area (Å²) in [6, 6.07) is 0. The largest absolute Gasteiger partial charge is 0.375 e. The van der Waals surface area contributed by atoms with E-state index in [1.54, 1.807) is 0 Å². The van der Waals surface area contributed by atoms with Crippen molar-refractivity contribution in [3.8, 4) is 11.8 Å². The highest BCUT2D eigenvalue weighted by Crippen LogP contribution is 2.17. The molecule has 0 unspecified atom stereocenters. The van der Waals surface area contributed by atoms with Crippen molar-refractivity contribution in [3.05, 3.63) is 10.6 Å². The van der Waals surface area contributed by atoms with Gasteiger partial charge in [-0.1, -0.05) is 23.2 Å². The van der Waals surface area contributed by atoms with Crippen molar-refractivity contribution in [2.75, 3.05) is 5.73 Å². The molecule has 0 atom stereocenters. The lowest BCUT2D eigenvalue weighted by atomic mass is 10.4. The van der Waals surface area contributed by atoms with Crippen LogP contribution in [0.3, 0.4) is 0 Å². The highest BCUT2D eigenvalue weighted by atomic mass is 32.1. The van der Waals surface area contributed by atoms with Crippen molar-refractivity contribution >= 4 is 22.8 Å². The Bertz CT molecular complexity index is 346. The first kappa shape index (κ1) is 8.75. The number of aryl methyl sites for hydroxylation is 1. The first-order valence-corrected chi connectivity index (χ1v) is 4.21. The number of aromatic nitrogens is 1. The van der Waals surface area contributed by atoms with Crippen LogP contribution in [0.2, 0.25) is 0 Å². The van der Waals surface area contributed by atoms with E-state index in [1.165, 1.54) is 11.3 Å². The van der Waals surface area contributed by atoms with Crippen LogP contribution in [0.25, 0.3) is 0 Å². The van der Waals surface area contributed by atoms with Crippen LogP contribution in [0.4, 0.5) is 5.13 Å². The number of aldehydes is 1. The Morgan fingerprint density at radius 3 is 3.00 bits per heavy atom. The van der Waals surface area contributed by atoms with Gasteiger partial charge in [-0.2, -0.15) is 0 Å². The lowest BCUT2D eigenvalue weighted by molar-refractivity contribution is -0.107. The van der Waals surface area contributed by atoms with Gasteiger partial charge < -0.3 is 10.5 Å².